The average molecular weight is 541 g/mol. The van der Waals surface area contributed by atoms with Crippen LogP contribution in [0.15, 0.2) is 30.9 Å². The Morgan fingerprint density at radius 2 is 2.08 bits per heavy atom. The summed E-state index contributed by atoms with van der Waals surface area (Å²) in [5.41, 5.74) is 6.71. The van der Waals surface area contributed by atoms with E-state index >= 15 is 0 Å². The van der Waals surface area contributed by atoms with Gasteiger partial charge in [-0.1, -0.05) is 30.3 Å². The Balaban J connectivity index is 1.34. The SMILES string of the molecule is C=CC(=O)N1CCN(c2nc(OC[C@@H]3CCCN3C)nc3c2CCC2(CCc4ccc(C)cc42)C3)C[C@@H]1CC#N. The van der Waals surface area contributed by atoms with Crippen molar-refractivity contribution in [2.45, 2.75) is 75.8 Å². The molecular weight excluding hydrogens is 500 g/mol. The van der Waals surface area contributed by atoms with E-state index in [0.717, 1.165) is 56.6 Å². The molecular formula is C32H40N6O2. The summed E-state index contributed by atoms with van der Waals surface area (Å²) in [4.78, 5) is 29.0. The molecule has 2 aliphatic carbocycles. The van der Waals surface area contributed by atoms with Gasteiger partial charge in [-0.2, -0.15) is 15.2 Å². The second-order valence-corrected chi connectivity index (χ2v) is 12.2. The molecule has 3 heterocycles. The van der Waals surface area contributed by atoms with Crippen LogP contribution in [0.5, 0.6) is 6.01 Å². The first-order valence-corrected chi connectivity index (χ1v) is 14.8. The Labute approximate surface area is 237 Å². The second kappa shape index (κ2) is 10.9. The summed E-state index contributed by atoms with van der Waals surface area (Å²) >= 11 is 0. The van der Waals surface area contributed by atoms with Crippen molar-refractivity contribution in [1.82, 2.24) is 19.8 Å². The third-order valence-electron chi connectivity index (χ3n) is 9.76. The van der Waals surface area contributed by atoms with Gasteiger partial charge in [-0.15, -0.1) is 0 Å². The molecule has 40 heavy (non-hydrogen) atoms. The molecule has 8 heteroatoms. The molecule has 1 spiro atoms. The van der Waals surface area contributed by atoms with Crippen LogP contribution < -0.4 is 9.64 Å². The highest BCUT2D eigenvalue weighted by Gasteiger charge is 2.43. The van der Waals surface area contributed by atoms with Crippen molar-refractivity contribution < 1.29 is 9.53 Å². The normalized spacial score (nSPS) is 25.9. The van der Waals surface area contributed by atoms with Crippen LogP contribution in [0.3, 0.4) is 0 Å². The van der Waals surface area contributed by atoms with Gasteiger partial charge >= 0.3 is 6.01 Å². The number of likely N-dealkylation sites (N-methyl/N-ethyl adjacent to an activating group) is 1. The van der Waals surface area contributed by atoms with Gasteiger partial charge in [0, 0.05) is 36.7 Å². The van der Waals surface area contributed by atoms with Crippen LogP contribution in [0.25, 0.3) is 0 Å². The summed E-state index contributed by atoms with van der Waals surface area (Å²) in [7, 11) is 2.16. The molecule has 4 aliphatic rings. The fourth-order valence-corrected chi connectivity index (χ4v) is 7.45. The number of carbonyl (C=O) groups is 1. The zero-order chi connectivity index (χ0) is 27.9. The van der Waals surface area contributed by atoms with Crippen molar-refractivity contribution in [2.75, 3.05) is 44.7 Å². The van der Waals surface area contributed by atoms with E-state index in [1.807, 2.05) is 0 Å². The number of likely N-dealkylation sites (tertiary alicyclic amines) is 1. The van der Waals surface area contributed by atoms with Crippen molar-refractivity contribution in [3.05, 3.63) is 58.8 Å². The second-order valence-electron chi connectivity index (χ2n) is 12.2. The van der Waals surface area contributed by atoms with Crippen LogP contribution in [0.1, 0.15) is 60.1 Å². The van der Waals surface area contributed by atoms with Crippen molar-refractivity contribution in [3.63, 3.8) is 0 Å². The molecule has 2 fully saturated rings. The number of rotatable bonds is 6. The van der Waals surface area contributed by atoms with Gasteiger partial charge < -0.3 is 19.4 Å². The third-order valence-corrected chi connectivity index (χ3v) is 9.76. The zero-order valence-corrected chi connectivity index (χ0v) is 23.9. The zero-order valence-electron chi connectivity index (χ0n) is 23.9. The molecule has 0 N–H and O–H groups in total. The number of amides is 1. The van der Waals surface area contributed by atoms with Gasteiger partial charge in [0.15, 0.2) is 0 Å². The number of anilines is 1. The van der Waals surface area contributed by atoms with Crippen LogP contribution >= 0.6 is 0 Å². The van der Waals surface area contributed by atoms with Crippen molar-refractivity contribution in [2.24, 2.45) is 0 Å². The molecule has 8 nitrogen and oxygen atoms in total. The summed E-state index contributed by atoms with van der Waals surface area (Å²) in [6.07, 6.45) is 9.10. The largest absolute Gasteiger partial charge is 0.462 e. The lowest BCUT2D eigenvalue weighted by molar-refractivity contribution is -0.128. The predicted octanol–water partition coefficient (Wildman–Crippen LogP) is 3.75. The van der Waals surface area contributed by atoms with Crippen LogP contribution in [-0.4, -0.2) is 77.6 Å². The molecule has 0 radical (unpaired) electrons. The number of piperazine rings is 1. The smallest absolute Gasteiger partial charge is 0.318 e. The van der Waals surface area contributed by atoms with Gasteiger partial charge in [-0.25, -0.2) is 0 Å². The summed E-state index contributed by atoms with van der Waals surface area (Å²) < 4.78 is 6.33. The van der Waals surface area contributed by atoms with E-state index in [9.17, 15) is 10.1 Å². The highest BCUT2D eigenvalue weighted by Crippen LogP contribution is 2.49. The number of ether oxygens (including phenoxy) is 1. The fraction of sp³-hybridized carbons (Fsp3) is 0.562. The molecule has 1 amide bonds. The maximum Gasteiger partial charge on any atom is 0.318 e. The first kappa shape index (κ1) is 26.8. The molecule has 3 atom stereocenters. The predicted molar refractivity (Wildman–Crippen MR) is 155 cm³/mol. The number of nitrogens with zero attached hydrogens (tertiary/aromatic N) is 6. The molecule has 1 unspecified atom stereocenters. The highest BCUT2D eigenvalue weighted by molar-refractivity contribution is 5.87. The summed E-state index contributed by atoms with van der Waals surface area (Å²) in [6, 6.07) is 9.85. The Kier molecular flexibility index (Phi) is 7.26. The van der Waals surface area contributed by atoms with Gasteiger partial charge in [-0.3, -0.25) is 4.79 Å². The lowest BCUT2D eigenvalue weighted by Gasteiger charge is -2.42. The topological polar surface area (TPSA) is 85.6 Å². The molecule has 6 rings (SSSR count). The number of aryl methyl sites for hydroxylation is 2. The highest BCUT2D eigenvalue weighted by atomic mass is 16.5. The van der Waals surface area contributed by atoms with E-state index < -0.39 is 0 Å². The van der Waals surface area contributed by atoms with Gasteiger partial charge in [0.25, 0.3) is 0 Å². The molecule has 0 bridgehead atoms. The minimum Gasteiger partial charge on any atom is -0.462 e. The lowest BCUT2D eigenvalue weighted by atomic mass is 9.69. The fourth-order valence-electron chi connectivity index (χ4n) is 7.45. The van der Waals surface area contributed by atoms with Crippen molar-refractivity contribution in [3.8, 4) is 12.1 Å². The Bertz CT molecular complexity index is 1350. The Morgan fingerprint density at radius 3 is 2.85 bits per heavy atom. The Morgan fingerprint density at radius 1 is 1.23 bits per heavy atom. The van der Waals surface area contributed by atoms with E-state index in [0.29, 0.717) is 38.3 Å². The minimum atomic E-state index is -0.203. The third kappa shape index (κ3) is 4.85. The standard InChI is InChI=1S/C32H40N6O2/c1-4-29(39)38-17-16-37(20-24(38)11-14-33)30-26-10-13-32(12-9-23-8-7-22(2)18-27(23)32)19-28(26)34-31(35-30)40-21-25-6-5-15-36(25)3/h4,7-8,18,24-25H,1,5-6,9-13,15-17,19-21H2,2-3H3/t24-,25-,32?/m0/s1. The van der Waals surface area contributed by atoms with Crippen LogP contribution in [0.2, 0.25) is 0 Å². The lowest BCUT2D eigenvalue weighted by Crippen LogP contribution is -2.55. The van der Waals surface area contributed by atoms with Crippen LogP contribution in [-0.2, 0) is 29.5 Å². The first-order chi connectivity index (χ1) is 19.4. The monoisotopic (exact) mass is 540 g/mol. The number of nitriles is 1. The maximum atomic E-state index is 12.5. The molecule has 1 aromatic heterocycles. The van der Waals surface area contributed by atoms with Gasteiger partial charge in [0.05, 0.1) is 24.2 Å². The van der Waals surface area contributed by atoms with E-state index in [-0.39, 0.29) is 23.8 Å². The molecule has 1 aromatic carbocycles. The molecule has 2 aliphatic heterocycles. The van der Waals surface area contributed by atoms with Crippen LogP contribution in [0, 0.1) is 18.3 Å². The maximum absolute atomic E-state index is 12.5. The van der Waals surface area contributed by atoms with Gasteiger partial charge in [-0.05, 0) is 82.7 Å². The average Bonchev–Trinajstić information content (AvgIpc) is 3.53. The van der Waals surface area contributed by atoms with E-state index in [1.54, 1.807) is 4.90 Å². The van der Waals surface area contributed by atoms with Crippen LogP contribution in [0.4, 0.5) is 5.82 Å². The van der Waals surface area contributed by atoms with E-state index in [1.165, 1.54) is 34.8 Å². The number of carbonyl (C=O) groups excluding carboxylic acids is 1. The van der Waals surface area contributed by atoms with Gasteiger partial charge in [0.2, 0.25) is 5.91 Å². The molecule has 2 saturated heterocycles. The number of hydrogen-bond acceptors (Lipinski definition) is 7. The first-order valence-electron chi connectivity index (χ1n) is 14.8. The number of aromatic nitrogens is 2. The quantitative estimate of drug-likeness (QED) is 0.516. The minimum absolute atomic E-state index is 0.112. The van der Waals surface area contributed by atoms with E-state index in [2.05, 4.69) is 54.6 Å². The summed E-state index contributed by atoms with van der Waals surface area (Å²) in [5.74, 6) is 0.803. The number of benzene rings is 1. The molecule has 2 aromatic rings. The number of hydrogen-bond donors (Lipinski definition) is 0. The summed E-state index contributed by atoms with van der Waals surface area (Å²) in [6.45, 7) is 9.29. The van der Waals surface area contributed by atoms with E-state index in [4.69, 9.17) is 14.7 Å². The number of fused-ring (bicyclic) bond motifs is 3. The molecule has 0 saturated carbocycles. The summed E-state index contributed by atoms with van der Waals surface area (Å²) in [5, 5.41) is 9.51. The Hall–Kier alpha value is -3.44. The van der Waals surface area contributed by atoms with Gasteiger partial charge in [0.1, 0.15) is 12.4 Å². The van der Waals surface area contributed by atoms with Crippen molar-refractivity contribution >= 4 is 11.7 Å². The molecule has 210 valence electrons. The van der Waals surface area contributed by atoms with Crippen molar-refractivity contribution in [1.29, 1.82) is 5.26 Å².